The first-order valence-corrected chi connectivity index (χ1v) is 7.56. The Morgan fingerprint density at radius 3 is 2.94 bits per heavy atom. The van der Waals surface area contributed by atoms with E-state index in [2.05, 4.69) is 48.5 Å². The SMILES string of the molecule is CCC1CN(Cc2cccs2)C(C)(CC)CN1. The third kappa shape index (κ3) is 2.90. The molecule has 2 atom stereocenters. The van der Waals surface area contributed by atoms with Gasteiger partial charge in [-0.05, 0) is 31.2 Å². The van der Waals surface area contributed by atoms with Gasteiger partial charge in [0.15, 0.2) is 0 Å². The van der Waals surface area contributed by atoms with Crippen LogP contribution >= 0.6 is 11.3 Å². The molecule has 1 fully saturated rings. The van der Waals surface area contributed by atoms with Crippen molar-refractivity contribution in [3.8, 4) is 0 Å². The van der Waals surface area contributed by atoms with Crippen molar-refractivity contribution in [3.05, 3.63) is 22.4 Å². The monoisotopic (exact) mass is 252 g/mol. The molecule has 0 saturated carbocycles. The number of nitrogens with zero attached hydrogens (tertiary/aromatic N) is 1. The summed E-state index contributed by atoms with van der Waals surface area (Å²) < 4.78 is 0. The largest absolute Gasteiger partial charge is 0.311 e. The van der Waals surface area contributed by atoms with E-state index in [1.165, 1.54) is 24.3 Å². The molecular weight excluding hydrogens is 228 g/mol. The van der Waals surface area contributed by atoms with Crippen LogP contribution in [0.4, 0.5) is 0 Å². The van der Waals surface area contributed by atoms with Gasteiger partial charge in [0, 0.05) is 36.1 Å². The first-order chi connectivity index (χ1) is 8.18. The van der Waals surface area contributed by atoms with Crippen molar-refractivity contribution >= 4 is 11.3 Å². The lowest BCUT2D eigenvalue weighted by Crippen LogP contribution is -2.62. The van der Waals surface area contributed by atoms with Gasteiger partial charge in [0.25, 0.3) is 0 Å². The lowest BCUT2D eigenvalue weighted by Gasteiger charge is -2.47. The van der Waals surface area contributed by atoms with Gasteiger partial charge in [-0.25, -0.2) is 0 Å². The van der Waals surface area contributed by atoms with Gasteiger partial charge in [-0.15, -0.1) is 11.3 Å². The summed E-state index contributed by atoms with van der Waals surface area (Å²) in [5, 5.41) is 5.86. The molecule has 0 spiro atoms. The van der Waals surface area contributed by atoms with E-state index in [-0.39, 0.29) is 0 Å². The Labute approximate surface area is 109 Å². The minimum atomic E-state index is 0.315. The molecule has 2 unspecified atom stereocenters. The molecule has 1 N–H and O–H groups in total. The fourth-order valence-electron chi connectivity index (χ4n) is 2.50. The van der Waals surface area contributed by atoms with Crippen LogP contribution in [0.25, 0.3) is 0 Å². The molecule has 96 valence electrons. The van der Waals surface area contributed by atoms with Crippen molar-refractivity contribution in [3.63, 3.8) is 0 Å². The van der Waals surface area contributed by atoms with E-state index in [9.17, 15) is 0 Å². The summed E-state index contributed by atoms with van der Waals surface area (Å²) in [4.78, 5) is 4.16. The van der Waals surface area contributed by atoms with E-state index in [0.29, 0.717) is 11.6 Å². The van der Waals surface area contributed by atoms with E-state index in [0.717, 1.165) is 13.1 Å². The summed E-state index contributed by atoms with van der Waals surface area (Å²) >= 11 is 1.87. The maximum atomic E-state index is 3.68. The van der Waals surface area contributed by atoms with Crippen molar-refractivity contribution in [2.45, 2.75) is 51.7 Å². The highest BCUT2D eigenvalue weighted by Crippen LogP contribution is 2.26. The summed E-state index contributed by atoms with van der Waals surface area (Å²) in [6.07, 6.45) is 2.43. The van der Waals surface area contributed by atoms with Gasteiger partial charge in [-0.2, -0.15) is 0 Å². The minimum Gasteiger partial charge on any atom is -0.311 e. The van der Waals surface area contributed by atoms with Crippen LogP contribution in [-0.2, 0) is 6.54 Å². The molecule has 17 heavy (non-hydrogen) atoms. The topological polar surface area (TPSA) is 15.3 Å². The second-order valence-corrected chi connectivity index (χ2v) is 6.33. The van der Waals surface area contributed by atoms with Gasteiger partial charge in [0.1, 0.15) is 0 Å². The molecular formula is C14H24N2S. The first kappa shape index (κ1) is 13.1. The van der Waals surface area contributed by atoms with Crippen LogP contribution in [0.15, 0.2) is 17.5 Å². The molecule has 1 aromatic heterocycles. The van der Waals surface area contributed by atoms with Gasteiger partial charge in [0.2, 0.25) is 0 Å². The quantitative estimate of drug-likeness (QED) is 0.886. The van der Waals surface area contributed by atoms with Crippen LogP contribution in [0.3, 0.4) is 0 Å². The second-order valence-electron chi connectivity index (χ2n) is 5.30. The summed E-state index contributed by atoms with van der Waals surface area (Å²) in [5.74, 6) is 0. The molecule has 1 saturated heterocycles. The fourth-order valence-corrected chi connectivity index (χ4v) is 3.21. The normalized spacial score (nSPS) is 30.6. The molecule has 0 amide bonds. The number of nitrogens with one attached hydrogen (secondary N) is 1. The van der Waals surface area contributed by atoms with Crippen LogP contribution in [0.5, 0.6) is 0 Å². The van der Waals surface area contributed by atoms with E-state index >= 15 is 0 Å². The molecule has 2 nitrogen and oxygen atoms in total. The van der Waals surface area contributed by atoms with Crippen molar-refractivity contribution < 1.29 is 0 Å². The predicted molar refractivity (Wildman–Crippen MR) is 75.5 cm³/mol. The standard InChI is InChI=1S/C14H24N2S/c1-4-12-9-16(10-13-7-6-8-17-13)14(3,5-2)11-15-12/h6-8,12,15H,4-5,9-11H2,1-3H3. The highest BCUT2D eigenvalue weighted by atomic mass is 32.1. The number of thiophene rings is 1. The molecule has 1 aromatic rings. The molecule has 0 aromatic carbocycles. The van der Waals surface area contributed by atoms with E-state index < -0.39 is 0 Å². The van der Waals surface area contributed by atoms with Crippen LogP contribution in [0, 0.1) is 0 Å². The Kier molecular flexibility index (Phi) is 4.23. The van der Waals surface area contributed by atoms with Gasteiger partial charge in [0.05, 0.1) is 0 Å². The van der Waals surface area contributed by atoms with Crippen LogP contribution in [0.2, 0.25) is 0 Å². The Morgan fingerprint density at radius 1 is 1.53 bits per heavy atom. The summed E-state index contributed by atoms with van der Waals surface area (Å²) in [6.45, 7) is 10.4. The minimum absolute atomic E-state index is 0.315. The van der Waals surface area contributed by atoms with Crippen LogP contribution in [0.1, 0.15) is 38.5 Å². The first-order valence-electron chi connectivity index (χ1n) is 6.68. The molecule has 2 rings (SSSR count). The van der Waals surface area contributed by atoms with Gasteiger partial charge in [-0.1, -0.05) is 19.9 Å². The van der Waals surface area contributed by atoms with Crippen molar-refractivity contribution in [1.82, 2.24) is 10.2 Å². The average molecular weight is 252 g/mol. The lowest BCUT2D eigenvalue weighted by molar-refractivity contribution is 0.0417. The molecule has 3 heteroatoms. The van der Waals surface area contributed by atoms with Crippen LogP contribution < -0.4 is 5.32 Å². The summed E-state index contributed by atoms with van der Waals surface area (Å²) in [7, 11) is 0. The zero-order valence-corrected chi connectivity index (χ0v) is 12.0. The molecule has 1 aliphatic rings. The van der Waals surface area contributed by atoms with E-state index in [1.807, 2.05) is 11.3 Å². The molecule has 0 aliphatic carbocycles. The van der Waals surface area contributed by atoms with Crippen LogP contribution in [-0.4, -0.2) is 29.6 Å². The Balaban J connectivity index is 2.08. The summed E-state index contributed by atoms with van der Waals surface area (Å²) in [5.41, 5.74) is 0.315. The van der Waals surface area contributed by atoms with E-state index in [1.54, 1.807) is 0 Å². The zero-order valence-electron chi connectivity index (χ0n) is 11.2. The number of piperazine rings is 1. The zero-order chi connectivity index (χ0) is 12.3. The Morgan fingerprint density at radius 2 is 2.35 bits per heavy atom. The third-order valence-electron chi connectivity index (χ3n) is 4.16. The Hall–Kier alpha value is -0.380. The lowest BCUT2D eigenvalue weighted by atomic mass is 9.91. The smallest absolute Gasteiger partial charge is 0.0334 e. The maximum Gasteiger partial charge on any atom is 0.0334 e. The van der Waals surface area contributed by atoms with Crippen molar-refractivity contribution in [2.24, 2.45) is 0 Å². The molecule has 1 aliphatic heterocycles. The predicted octanol–water partition coefficient (Wildman–Crippen LogP) is 3.10. The van der Waals surface area contributed by atoms with E-state index in [4.69, 9.17) is 0 Å². The van der Waals surface area contributed by atoms with Crippen molar-refractivity contribution in [1.29, 1.82) is 0 Å². The molecule has 2 heterocycles. The van der Waals surface area contributed by atoms with Crippen molar-refractivity contribution in [2.75, 3.05) is 13.1 Å². The van der Waals surface area contributed by atoms with Gasteiger partial charge in [-0.3, -0.25) is 4.90 Å². The highest BCUT2D eigenvalue weighted by Gasteiger charge is 2.35. The number of hydrogen-bond acceptors (Lipinski definition) is 3. The maximum absolute atomic E-state index is 3.68. The van der Waals surface area contributed by atoms with Gasteiger partial charge >= 0.3 is 0 Å². The summed E-state index contributed by atoms with van der Waals surface area (Å²) in [6, 6.07) is 5.07. The third-order valence-corrected chi connectivity index (χ3v) is 5.02. The number of hydrogen-bond donors (Lipinski definition) is 1. The average Bonchev–Trinajstić information content (AvgIpc) is 2.85. The van der Waals surface area contributed by atoms with Gasteiger partial charge < -0.3 is 5.32 Å². The number of rotatable bonds is 4. The Bertz CT molecular complexity index is 336. The molecule has 0 bridgehead atoms. The second kappa shape index (κ2) is 5.51. The highest BCUT2D eigenvalue weighted by molar-refractivity contribution is 7.09. The fraction of sp³-hybridized carbons (Fsp3) is 0.714. The molecule has 0 radical (unpaired) electrons.